The van der Waals surface area contributed by atoms with Crippen molar-refractivity contribution in [1.29, 1.82) is 0 Å². The summed E-state index contributed by atoms with van der Waals surface area (Å²) in [7, 11) is 0. The molecule has 122 valence electrons. The summed E-state index contributed by atoms with van der Waals surface area (Å²) in [4.78, 5) is 12.2. The van der Waals surface area contributed by atoms with E-state index in [2.05, 4.69) is 15.5 Å². The Hall–Kier alpha value is -2.99. The predicted octanol–water partition coefficient (Wildman–Crippen LogP) is 3.28. The molecule has 2 aromatic carbocycles. The van der Waals surface area contributed by atoms with Crippen LogP contribution in [0.25, 0.3) is 11.5 Å². The molecule has 0 aliphatic heterocycles. The van der Waals surface area contributed by atoms with Gasteiger partial charge in [-0.1, -0.05) is 36.4 Å². The average molecular weight is 323 g/mol. The Morgan fingerprint density at radius 1 is 1.21 bits per heavy atom. The Kier molecular flexibility index (Phi) is 4.98. The van der Waals surface area contributed by atoms with Crippen LogP contribution in [-0.4, -0.2) is 22.2 Å². The van der Waals surface area contributed by atoms with Crippen LogP contribution in [0.3, 0.4) is 0 Å². The minimum absolute atomic E-state index is 0.214. The van der Waals surface area contributed by atoms with Gasteiger partial charge in [-0.15, -0.1) is 10.2 Å². The van der Waals surface area contributed by atoms with E-state index >= 15 is 0 Å². The molecule has 1 N–H and O–H groups in total. The first-order chi connectivity index (χ1) is 11.7. The molecule has 0 bridgehead atoms. The molecule has 1 aromatic heterocycles. The molecule has 24 heavy (non-hydrogen) atoms. The molecule has 3 rings (SSSR count). The molecule has 6 nitrogen and oxygen atoms in total. The zero-order valence-corrected chi connectivity index (χ0v) is 13.2. The average Bonchev–Trinajstić information content (AvgIpc) is 3.15. The highest BCUT2D eigenvalue weighted by atomic mass is 16.5. The molecule has 0 fully saturated rings. The number of hydrogen-bond donors (Lipinski definition) is 1. The van der Waals surface area contributed by atoms with Gasteiger partial charge in [0.15, 0.2) is 0 Å². The van der Waals surface area contributed by atoms with Gasteiger partial charge in [-0.3, -0.25) is 4.79 Å². The summed E-state index contributed by atoms with van der Waals surface area (Å²) in [5.74, 6) is 0.188. The first kappa shape index (κ1) is 15.9. The van der Waals surface area contributed by atoms with Crippen molar-refractivity contribution in [1.82, 2.24) is 10.2 Å². The molecule has 6 heteroatoms. The van der Waals surface area contributed by atoms with Crippen LogP contribution in [0, 0.1) is 0 Å². The first-order valence-electron chi connectivity index (χ1n) is 7.55. The van der Waals surface area contributed by atoms with Crippen LogP contribution in [-0.2, 0) is 16.1 Å². The number of nitrogens with zero attached hydrogens (tertiary/aromatic N) is 2. The van der Waals surface area contributed by atoms with Crippen molar-refractivity contribution >= 4 is 11.6 Å². The number of aromatic nitrogens is 2. The van der Waals surface area contributed by atoms with Gasteiger partial charge < -0.3 is 14.5 Å². The zero-order chi connectivity index (χ0) is 16.8. The molecule has 0 saturated carbocycles. The Morgan fingerprint density at radius 2 is 2.04 bits per heavy atom. The van der Waals surface area contributed by atoms with E-state index in [1.165, 1.54) is 6.39 Å². The highest BCUT2D eigenvalue weighted by Crippen LogP contribution is 2.20. The first-order valence-corrected chi connectivity index (χ1v) is 7.55. The monoisotopic (exact) mass is 323 g/mol. The maximum atomic E-state index is 12.2. The molecule has 0 spiro atoms. The van der Waals surface area contributed by atoms with Crippen molar-refractivity contribution in [3.05, 3.63) is 66.6 Å². The molecule has 1 heterocycles. The van der Waals surface area contributed by atoms with Crippen molar-refractivity contribution < 1.29 is 13.9 Å². The fourth-order valence-corrected chi connectivity index (χ4v) is 2.14. The van der Waals surface area contributed by atoms with Gasteiger partial charge in [0.05, 0.1) is 6.61 Å². The lowest BCUT2D eigenvalue weighted by Crippen LogP contribution is -2.27. The zero-order valence-electron chi connectivity index (χ0n) is 13.2. The van der Waals surface area contributed by atoms with Gasteiger partial charge in [0.25, 0.3) is 5.91 Å². The maximum Gasteiger partial charge on any atom is 0.253 e. The summed E-state index contributed by atoms with van der Waals surface area (Å²) in [6, 6.07) is 16.9. The summed E-state index contributed by atoms with van der Waals surface area (Å²) in [6.07, 6.45) is 0.692. The third-order valence-corrected chi connectivity index (χ3v) is 3.45. The highest BCUT2D eigenvalue weighted by Gasteiger charge is 2.14. The standard InChI is InChI=1S/C18H17N3O3/c1-13(23-11-14-6-3-2-4-7-14)17(22)20-16-9-5-8-15(10-16)18-21-19-12-24-18/h2-10,12-13H,11H2,1H3,(H,20,22)/t13-/m0/s1. The van der Waals surface area contributed by atoms with Crippen LogP contribution in [0.5, 0.6) is 0 Å². The highest BCUT2D eigenvalue weighted by molar-refractivity contribution is 5.94. The third-order valence-electron chi connectivity index (χ3n) is 3.45. The van der Waals surface area contributed by atoms with E-state index in [4.69, 9.17) is 9.15 Å². The molecule has 0 unspecified atom stereocenters. The summed E-state index contributed by atoms with van der Waals surface area (Å²) < 4.78 is 10.8. The van der Waals surface area contributed by atoms with Gasteiger partial charge in [0.2, 0.25) is 12.3 Å². The molecule has 3 aromatic rings. The van der Waals surface area contributed by atoms with Crippen LogP contribution >= 0.6 is 0 Å². The number of ether oxygens (including phenoxy) is 1. The van der Waals surface area contributed by atoms with E-state index in [-0.39, 0.29) is 5.91 Å². The van der Waals surface area contributed by atoms with E-state index in [9.17, 15) is 4.79 Å². The van der Waals surface area contributed by atoms with Crippen LogP contribution < -0.4 is 5.32 Å². The number of anilines is 1. The second-order valence-corrected chi connectivity index (χ2v) is 5.25. The lowest BCUT2D eigenvalue weighted by Gasteiger charge is -2.13. The van der Waals surface area contributed by atoms with Crippen LogP contribution in [0.4, 0.5) is 5.69 Å². The lowest BCUT2D eigenvalue weighted by atomic mass is 10.2. The second-order valence-electron chi connectivity index (χ2n) is 5.25. The quantitative estimate of drug-likeness (QED) is 0.753. The van der Waals surface area contributed by atoms with Gasteiger partial charge in [0, 0.05) is 11.3 Å². The number of nitrogens with one attached hydrogen (secondary N) is 1. The second kappa shape index (κ2) is 7.52. The van der Waals surface area contributed by atoms with Crippen molar-refractivity contribution in [3.8, 4) is 11.5 Å². The number of benzene rings is 2. The SMILES string of the molecule is C[C@H](OCc1ccccc1)C(=O)Nc1cccc(-c2nnco2)c1. The van der Waals surface area contributed by atoms with E-state index in [1.807, 2.05) is 42.5 Å². The molecule has 0 aliphatic rings. The molecular weight excluding hydrogens is 306 g/mol. The lowest BCUT2D eigenvalue weighted by molar-refractivity contribution is -0.127. The van der Waals surface area contributed by atoms with Gasteiger partial charge in [0.1, 0.15) is 6.10 Å². The number of rotatable bonds is 6. The Balaban J connectivity index is 1.59. The smallest absolute Gasteiger partial charge is 0.253 e. The Morgan fingerprint density at radius 3 is 2.79 bits per heavy atom. The fraction of sp³-hybridized carbons (Fsp3) is 0.167. The number of hydrogen-bond acceptors (Lipinski definition) is 5. The maximum absolute atomic E-state index is 12.2. The van der Waals surface area contributed by atoms with E-state index in [0.29, 0.717) is 18.2 Å². The summed E-state index contributed by atoms with van der Waals surface area (Å²) in [5.41, 5.74) is 2.41. The van der Waals surface area contributed by atoms with Crippen molar-refractivity contribution in [2.75, 3.05) is 5.32 Å². The van der Waals surface area contributed by atoms with Crippen molar-refractivity contribution in [2.24, 2.45) is 0 Å². The molecule has 1 amide bonds. The van der Waals surface area contributed by atoms with Gasteiger partial charge in [-0.2, -0.15) is 0 Å². The normalized spacial score (nSPS) is 11.9. The van der Waals surface area contributed by atoms with Gasteiger partial charge >= 0.3 is 0 Å². The molecule has 0 radical (unpaired) electrons. The van der Waals surface area contributed by atoms with E-state index < -0.39 is 6.10 Å². The van der Waals surface area contributed by atoms with Crippen LogP contribution in [0.1, 0.15) is 12.5 Å². The topological polar surface area (TPSA) is 77.2 Å². The van der Waals surface area contributed by atoms with Crippen LogP contribution in [0.15, 0.2) is 65.4 Å². The largest absolute Gasteiger partial charge is 0.423 e. The minimum Gasteiger partial charge on any atom is -0.423 e. The number of carbonyl (C=O) groups is 1. The minimum atomic E-state index is -0.572. The van der Waals surface area contributed by atoms with E-state index in [1.54, 1.807) is 19.1 Å². The van der Waals surface area contributed by atoms with Crippen molar-refractivity contribution in [2.45, 2.75) is 19.6 Å². The predicted molar refractivity (Wildman–Crippen MR) is 89.1 cm³/mol. The van der Waals surface area contributed by atoms with Crippen LogP contribution in [0.2, 0.25) is 0 Å². The number of amides is 1. The summed E-state index contributed by atoms with van der Waals surface area (Å²) in [5, 5.41) is 10.3. The molecule has 1 atom stereocenters. The van der Waals surface area contributed by atoms with Crippen molar-refractivity contribution in [3.63, 3.8) is 0 Å². The summed E-state index contributed by atoms with van der Waals surface area (Å²) in [6.45, 7) is 2.11. The molecular formula is C18H17N3O3. The molecule has 0 saturated heterocycles. The van der Waals surface area contributed by atoms with Gasteiger partial charge in [-0.25, -0.2) is 0 Å². The Labute approximate surface area is 139 Å². The van der Waals surface area contributed by atoms with E-state index in [0.717, 1.165) is 11.1 Å². The molecule has 0 aliphatic carbocycles. The van der Waals surface area contributed by atoms with Gasteiger partial charge in [-0.05, 0) is 30.7 Å². The summed E-state index contributed by atoms with van der Waals surface area (Å²) >= 11 is 0. The fourth-order valence-electron chi connectivity index (χ4n) is 2.14. The Bertz CT molecular complexity index is 788. The number of carbonyl (C=O) groups excluding carboxylic acids is 1. The third kappa shape index (κ3) is 4.05.